The number of nitrogens with zero attached hydrogens (tertiary/aromatic N) is 2. The number of rotatable bonds is 10. The fraction of sp³-hybridized carbons (Fsp3) is 0.810. The minimum Gasteiger partial charge on any atom is -0.469 e. The van der Waals surface area contributed by atoms with Gasteiger partial charge in [0, 0.05) is 13.1 Å². The summed E-state index contributed by atoms with van der Waals surface area (Å²) in [6.07, 6.45) is 3.46. The van der Waals surface area contributed by atoms with Crippen LogP contribution in [-0.2, 0) is 23.9 Å². The monoisotopic (exact) mass is 427 g/mol. The smallest absolute Gasteiger partial charge is 0.308 e. The van der Waals surface area contributed by atoms with Crippen molar-refractivity contribution in [1.82, 2.24) is 15.3 Å². The molecule has 0 unspecified atom stereocenters. The van der Waals surface area contributed by atoms with Gasteiger partial charge in [-0.2, -0.15) is 0 Å². The lowest BCUT2D eigenvalue weighted by Gasteiger charge is -2.38. The van der Waals surface area contributed by atoms with Crippen LogP contribution in [0.25, 0.3) is 0 Å². The molecule has 9 heteroatoms. The molecule has 0 radical (unpaired) electrons. The van der Waals surface area contributed by atoms with Crippen molar-refractivity contribution in [2.75, 3.05) is 26.7 Å². The summed E-state index contributed by atoms with van der Waals surface area (Å²) in [4.78, 5) is 50.3. The van der Waals surface area contributed by atoms with Crippen molar-refractivity contribution in [3.8, 4) is 0 Å². The summed E-state index contributed by atoms with van der Waals surface area (Å²) < 4.78 is 4.79. The van der Waals surface area contributed by atoms with Crippen LogP contribution in [0.1, 0.15) is 59.8 Å². The van der Waals surface area contributed by atoms with Gasteiger partial charge in [0.25, 0.3) is 0 Å². The fourth-order valence-electron chi connectivity index (χ4n) is 3.62. The maximum atomic E-state index is 13.2. The molecule has 2 atom stereocenters. The van der Waals surface area contributed by atoms with Gasteiger partial charge < -0.3 is 15.0 Å². The highest BCUT2D eigenvalue weighted by atomic mass is 16.5. The van der Waals surface area contributed by atoms with Gasteiger partial charge in [0.15, 0.2) is 0 Å². The molecule has 0 aromatic rings. The third-order valence-corrected chi connectivity index (χ3v) is 5.55. The number of amides is 3. The van der Waals surface area contributed by atoms with E-state index >= 15 is 0 Å². The molecule has 9 nitrogen and oxygen atoms in total. The van der Waals surface area contributed by atoms with Gasteiger partial charge in [-0.05, 0) is 24.7 Å². The largest absolute Gasteiger partial charge is 0.469 e. The van der Waals surface area contributed by atoms with Gasteiger partial charge in [-0.1, -0.05) is 40.5 Å². The maximum Gasteiger partial charge on any atom is 0.308 e. The zero-order chi connectivity index (χ0) is 22.9. The second kappa shape index (κ2) is 11.9. The Bertz CT molecular complexity index is 596. The number of piperidine rings is 1. The Balaban J connectivity index is 2.87. The van der Waals surface area contributed by atoms with Crippen molar-refractivity contribution in [2.24, 2.45) is 17.3 Å². The van der Waals surface area contributed by atoms with Crippen LogP contribution in [0.5, 0.6) is 0 Å². The van der Waals surface area contributed by atoms with Crippen LogP contribution in [0.15, 0.2) is 0 Å². The quantitative estimate of drug-likeness (QED) is 0.237. The van der Waals surface area contributed by atoms with Crippen molar-refractivity contribution < 1.29 is 29.1 Å². The van der Waals surface area contributed by atoms with Gasteiger partial charge in [0.05, 0.1) is 25.5 Å². The van der Waals surface area contributed by atoms with Crippen molar-refractivity contribution in [3.63, 3.8) is 0 Å². The Morgan fingerprint density at radius 1 is 1.27 bits per heavy atom. The Morgan fingerprint density at radius 3 is 2.33 bits per heavy atom. The molecule has 1 rings (SSSR count). The molecule has 172 valence electrons. The van der Waals surface area contributed by atoms with E-state index < -0.39 is 17.4 Å². The number of hydrogen-bond donors (Lipinski definition) is 2. The topological polar surface area (TPSA) is 116 Å². The van der Waals surface area contributed by atoms with Crippen molar-refractivity contribution in [3.05, 3.63) is 0 Å². The molecule has 2 N–H and O–H groups in total. The molecule has 0 aromatic heterocycles. The molecule has 0 aliphatic carbocycles. The van der Waals surface area contributed by atoms with Crippen molar-refractivity contribution >= 4 is 24.2 Å². The van der Waals surface area contributed by atoms with Crippen LogP contribution in [0.3, 0.4) is 0 Å². The number of likely N-dealkylation sites (tertiary alicyclic amines) is 1. The fourth-order valence-corrected chi connectivity index (χ4v) is 3.62. The Hall–Kier alpha value is -2.16. The number of methoxy groups -OCH3 is 1. The Labute approximate surface area is 179 Å². The Kier molecular flexibility index (Phi) is 10.2. The molecule has 0 bridgehead atoms. The number of hydrogen-bond acceptors (Lipinski definition) is 6. The molecule has 1 aliphatic rings. The van der Waals surface area contributed by atoms with Gasteiger partial charge in [0.2, 0.25) is 18.2 Å². The summed E-state index contributed by atoms with van der Waals surface area (Å²) in [5.41, 5.74) is -0.537. The van der Waals surface area contributed by atoms with E-state index in [1.54, 1.807) is 4.90 Å². The first-order valence-corrected chi connectivity index (χ1v) is 10.6. The number of unbranched alkanes of at least 4 members (excludes halogenated alkanes) is 1. The molecular formula is C21H37N3O6. The van der Waals surface area contributed by atoms with E-state index in [1.807, 2.05) is 27.7 Å². The molecule has 1 fully saturated rings. The van der Waals surface area contributed by atoms with E-state index in [-0.39, 0.29) is 36.7 Å². The first kappa shape index (κ1) is 25.9. The summed E-state index contributed by atoms with van der Waals surface area (Å²) >= 11 is 0. The average molecular weight is 428 g/mol. The van der Waals surface area contributed by atoms with Crippen LogP contribution < -0.4 is 5.32 Å². The lowest BCUT2D eigenvalue weighted by molar-refractivity contribution is -0.155. The highest BCUT2D eigenvalue weighted by Gasteiger charge is 2.38. The van der Waals surface area contributed by atoms with Gasteiger partial charge in [0.1, 0.15) is 6.04 Å². The summed E-state index contributed by atoms with van der Waals surface area (Å²) in [6, 6.07) is -0.757. The van der Waals surface area contributed by atoms with Crippen molar-refractivity contribution in [2.45, 2.75) is 65.8 Å². The molecule has 1 saturated heterocycles. The zero-order valence-electron chi connectivity index (χ0n) is 18.8. The van der Waals surface area contributed by atoms with Crippen LogP contribution >= 0.6 is 0 Å². The third-order valence-electron chi connectivity index (χ3n) is 5.55. The molecule has 3 amide bonds. The normalized spacial score (nSPS) is 17.1. The predicted molar refractivity (Wildman–Crippen MR) is 110 cm³/mol. The second-order valence-electron chi connectivity index (χ2n) is 9.00. The molecular weight excluding hydrogens is 390 g/mol. The van der Waals surface area contributed by atoms with Crippen LogP contribution in [-0.4, -0.2) is 72.2 Å². The van der Waals surface area contributed by atoms with E-state index in [9.17, 15) is 24.4 Å². The minimum atomic E-state index is -0.757. The van der Waals surface area contributed by atoms with E-state index in [0.29, 0.717) is 37.4 Å². The van der Waals surface area contributed by atoms with Gasteiger partial charge in [-0.25, -0.2) is 5.06 Å². The molecule has 0 aromatic carbocycles. The highest BCUT2D eigenvalue weighted by Crippen LogP contribution is 2.25. The first-order chi connectivity index (χ1) is 14.0. The summed E-state index contributed by atoms with van der Waals surface area (Å²) in [5, 5.41) is 12.9. The lowest BCUT2D eigenvalue weighted by atomic mass is 9.84. The third kappa shape index (κ3) is 7.59. The highest BCUT2D eigenvalue weighted by molar-refractivity contribution is 5.89. The van der Waals surface area contributed by atoms with Gasteiger partial charge in [-0.3, -0.25) is 24.4 Å². The number of hydroxylamine groups is 2. The number of carbonyl (C=O) groups is 4. The number of nitrogens with one attached hydrogen (secondary N) is 1. The molecule has 1 heterocycles. The van der Waals surface area contributed by atoms with Crippen LogP contribution in [0, 0.1) is 17.3 Å². The van der Waals surface area contributed by atoms with Gasteiger partial charge in [-0.15, -0.1) is 0 Å². The molecule has 30 heavy (non-hydrogen) atoms. The van der Waals surface area contributed by atoms with E-state index in [4.69, 9.17) is 4.74 Å². The SMILES string of the molecule is CCCC[C@H](CN(O)C=O)C(=O)N[C@H](C(=O)N1CCC(C(=O)OC)CC1)C(C)(C)C. The number of esters is 1. The van der Waals surface area contributed by atoms with E-state index in [0.717, 1.165) is 12.8 Å². The maximum absolute atomic E-state index is 13.2. The summed E-state index contributed by atoms with van der Waals surface area (Å²) in [6.45, 7) is 8.35. The van der Waals surface area contributed by atoms with Crippen molar-refractivity contribution in [1.29, 1.82) is 0 Å². The molecule has 0 spiro atoms. The second-order valence-corrected chi connectivity index (χ2v) is 9.00. The number of ether oxygens (including phenoxy) is 1. The zero-order valence-corrected chi connectivity index (χ0v) is 18.8. The Morgan fingerprint density at radius 2 is 1.87 bits per heavy atom. The average Bonchev–Trinajstić information content (AvgIpc) is 2.72. The van der Waals surface area contributed by atoms with Crippen LogP contribution in [0.2, 0.25) is 0 Å². The van der Waals surface area contributed by atoms with E-state index in [2.05, 4.69) is 5.32 Å². The number of carbonyl (C=O) groups excluding carboxylic acids is 4. The van der Waals surface area contributed by atoms with Gasteiger partial charge >= 0.3 is 5.97 Å². The standard InChI is InChI=1S/C21H37N3O6/c1-6-7-8-16(13-24(29)14-25)18(26)22-17(21(2,3)4)19(27)23-11-9-15(10-12-23)20(28)30-5/h14-17,29H,6-13H2,1-5H3,(H,22,26)/t16-,17-/m1/s1. The predicted octanol–water partition coefficient (Wildman–Crippen LogP) is 1.58. The van der Waals surface area contributed by atoms with E-state index in [1.165, 1.54) is 7.11 Å². The first-order valence-electron chi connectivity index (χ1n) is 10.6. The minimum absolute atomic E-state index is 0.120. The summed E-state index contributed by atoms with van der Waals surface area (Å²) in [5.74, 6) is -1.63. The molecule has 1 aliphatic heterocycles. The lowest BCUT2D eigenvalue weighted by Crippen LogP contribution is -2.57. The summed E-state index contributed by atoms with van der Waals surface area (Å²) in [7, 11) is 1.36. The van der Waals surface area contributed by atoms with Crippen LogP contribution in [0.4, 0.5) is 0 Å². The molecule has 0 saturated carbocycles.